The molecule has 2 bridgehead atoms. The minimum absolute atomic E-state index is 0.505. The Morgan fingerprint density at radius 2 is 1.92 bits per heavy atom. The summed E-state index contributed by atoms with van der Waals surface area (Å²) in [5.41, 5.74) is 2.57. The Labute approximate surface area is 153 Å². The molecule has 2 aliphatic rings. The van der Waals surface area contributed by atoms with Gasteiger partial charge in [-0.15, -0.1) is 0 Å². The van der Waals surface area contributed by atoms with E-state index in [-0.39, 0.29) is 0 Å². The van der Waals surface area contributed by atoms with Gasteiger partial charge in [-0.2, -0.15) is 5.10 Å². The molecule has 0 saturated carbocycles. The molecule has 1 aromatic heterocycles. The molecule has 25 heavy (non-hydrogen) atoms. The maximum atomic E-state index is 5.81. The first kappa shape index (κ1) is 18.5. The van der Waals surface area contributed by atoms with Gasteiger partial charge in [0.05, 0.1) is 31.0 Å². The summed E-state index contributed by atoms with van der Waals surface area (Å²) in [6.45, 7) is 13.0. The van der Waals surface area contributed by atoms with Crippen molar-refractivity contribution < 1.29 is 4.74 Å². The fraction of sp³-hybridized carbons (Fsp3) is 0.762. The molecule has 0 radical (unpaired) electrons. The smallest absolute Gasteiger partial charge is 0.127 e. The Balaban J connectivity index is 1.94. The molecule has 2 aliphatic heterocycles. The summed E-state index contributed by atoms with van der Waals surface area (Å²) in [6, 6.07) is 3.34. The third-order valence-corrected chi connectivity index (χ3v) is 5.38. The van der Waals surface area contributed by atoms with Gasteiger partial charge in [0, 0.05) is 5.69 Å². The van der Waals surface area contributed by atoms with Gasteiger partial charge in [0.2, 0.25) is 0 Å². The van der Waals surface area contributed by atoms with Gasteiger partial charge in [0.15, 0.2) is 0 Å². The first-order valence-electron chi connectivity index (χ1n) is 10.2. The Bertz CT molecular complexity index is 586. The molecule has 1 aromatic rings. The number of morpholine rings is 1. The van der Waals surface area contributed by atoms with Crippen LogP contribution in [-0.4, -0.2) is 40.0 Å². The standard InChI is InChI=1S/C21H35N3O/c1-6-18-12-17(8-7-15(2)3)22-24(18)21(11-16(4)5)23-19-9-10-20(23)14-25-13-19/h11-12,15-16,19-20H,6-10,13-14H2,1-5H3/b21-11-. The van der Waals surface area contributed by atoms with Crippen LogP contribution in [0, 0.1) is 11.8 Å². The predicted molar refractivity (Wildman–Crippen MR) is 103 cm³/mol. The SMILES string of the molecule is CCc1cc(CCC(C)C)nn1/C(=C\C(C)C)N1C2CCC1COC2. The molecule has 140 valence electrons. The van der Waals surface area contributed by atoms with Gasteiger partial charge in [-0.1, -0.05) is 34.6 Å². The van der Waals surface area contributed by atoms with Crippen molar-refractivity contribution in [2.75, 3.05) is 13.2 Å². The lowest BCUT2D eigenvalue weighted by Crippen LogP contribution is -2.46. The van der Waals surface area contributed by atoms with Gasteiger partial charge < -0.3 is 9.64 Å². The minimum Gasteiger partial charge on any atom is -0.377 e. The molecular weight excluding hydrogens is 310 g/mol. The van der Waals surface area contributed by atoms with E-state index >= 15 is 0 Å². The summed E-state index contributed by atoms with van der Waals surface area (Å²) >= 11 is 0. The first-order chi connectivity index (χ1) is 12.0. The number of fused-ring (bicyclic) bond motifs is 2. The number of aromatic nitrogens is 2. The van der Waals surface area contributed by atoms with Crippen LogP contribution in [0.2, 0.25) is 0 Å². The van der Waals surface area contributed by atoms with Crippen LogP contribution < -0.4 is 0 Å². The molecule has 0 spiro atoms. The fourth-order valence-electron chi connectivity index (χ4n) is 4.05. The van der Waals surface area contributed by atoms with Crippen LogP contribution in [0.3, 0.4) is 0 Å². The number of ether oxygens (including phenoxy) is 1. The first-order valence-corrected chi connectivity index (χ1v) is 10.2. The third kappa shape index (κ3) is 4.11. The molecule has 4 heteroatoms. The third-order valence-electron chi connectivity index (χ3n) is 5.38. The van der Waals surface area contributed by atoms with Gasteiger partial charge in [0.1, 0.15) is 5.82 Å². The van der Waals surface area contributed by atoms with Gasteiger partial charge in [-0.25, -0.2) is 4.68 Å². The zero-order chi connectivity index (χ0) is 18.0. The summed E-state index contributed by atoms with van der Waals surface area (Å²) < 4.78 is 8.05. The van der Waals surface area contributed by atoms with E-state index in [4.69, 9.17) is 9.84 Å². The summed E-state index contributed by atoms with van der Waals surface area (Å²) in [4.78, 5) is 2.61. The normalized spacial score (nSPS) is 24.0. The molecule has 2 saturated heterocycles. The molecule has 0 aliphatic carbocycles. The van der Waals surface area contributed by atoms with E-state index in [1.165, 1.54) is 36.5 Å². The average Bonchev–Trinajstić information content (AvgIpc) is 3.08. The Morgan fingerprint density at radius 1 is 1.24 bits per heavy atom. The van der Waals surface area contributed by atoms with E-state index < -0.39 is 0 Å². The average molecular weight is 346 g/mol. The lowest BCUT2D eigenvalue weighted by molar-refractivity contribution is 0.0121. The zero-order valence-corrected chi connectivity index (χ0v) is 16.7. The minimum atomic E-state index is 0.505. The number of nitrogens with zero attached hydrogens (tertiary/aromatic N) is 3. The molecule has 0 N–H and O–H groups in total. The van der Waals surface area contributed by atoms with Crippen LogP contribution in [0.25, 0.3) is 5.82 Å². The second kappa shape index (κ2) is 7.94. The van der Waals surface area contributed by atoms with Gasteiger partial charge in [-0.3, -0.25) is 0 Å². The van der Waals surface area contributed by atoms with Crippen LogP contribution in [0.5, 0.6) is 0 Å². The molecule has 2 unspecified atom stereocenters. The highest BCUT2D eigenvalue weighted by Crippen LogP contribution is 2.35. The molecule has 3 rings (SSSR count). The van der Waals surface area contributed by atoms with Crippen molar-refractivity contribution >= 4 is 5.82 Å². The molecular formula is C21H35N3O. The number of aryl methyl sites for hydroxylation is 2. The highest BCUT2D eigenvalue weighted by atomic mass is 16.5. The van der Waals surface area contributed by atoms with Crippen LogP contribution in [0.1, 0.15) is 65.3 Å². The second-order valence-electron chi connectivity index (χ2n) is 8.42. The van der Waals surface area contributed by atoms with Crippen molar-refractivity contribution in [3.05, 3.63) is 23.5 Å². The topological polar surface area (TPSA) is 30.3 Å². The second-order valence-corrected chi connectivity index (χ2v) is 8.42. The lowest BCUT2D eigenvalue weighted by Gasteiger charge is -2.38. The molecule has 4 nitrogen and oxygen atoms in total. The van der Waals surface area contributed by atoms with Crippen LogP contribution in [0.4, 0.5) is 0 Å². The maximum absolute atomic E-state index is 5.81. The van der Waals surface area contributed by atoms with Crippen LogP contribution in [-0.2, 0) is 17.6 Å². The summed E-state index contributed by atoms with van der Waals surface area (Å²) in [5.74, 6) is 2.51. The summed E-state index contributed by atoms with van der Waals surface area (Å²) in [7, 11) is 0. The molecule has 2 fully saturated rings. The van der Waals surface area contributed by atoms with E-state index in [9.17, 15) is 0 Å². The van der Waals surface area contributed by atoms with E-state index in [0.717, 1.165) is 32.0 Å². The fourth-order valence-corrected chi connectivity index (χ4v) is 4.05. The van der Waals surface area contributed by atoms with Crippen molar-refractivity contribution in [2.24, 2.45) is 11.8 Å². The van der Waals surface area contributed by atoms with Crippen molar-refractivity contribution in [2.45, 2.75) is 78.8 Å². The van der Waals surface area contributed by atoms with Gasteiger partial charge in [-0.05, 0) is 56.1 Å². The van der Waals surface area contributed by atoms with Crippen LogP contribution in [0.15, 0.2) is 12.1 Å². The van der Waals surface area contributed by atoms with E-state index in [2.05, 4.69) is 56.3 Å². The number of hydrogen-bond donors (Lipinski definition) is 0. The Hall–Kier alpha value is -1.29. The largest absolute Gasteiger partial charge is 0.377 e. The van der Waals surface area contributed by atoms with Crippen LogP contribution >= 0.6 is 0 Å². The molecule has 3 heterocycles. The predicted octanol–water partition coefficient (Wildman–Crippen LogP) is 4.35. The Morgan fingerprint density at radius 3 is 2.48 bits per heavy atom. The summed E-state index contributed by atoms with van der Waals surface area (Å²) in [5, 5.41) is 5.04. The Kier molecular flexibility index (Phi) is 5.88. The summed E-state index contributed by atoms with van der Waals surface area (Å²) in [6.07, 6.45) is 8.17. The molecule has 0 aromatic carbocycles. The monoisotopic (exact) mass is 345 g/mol. The zero-order valence-electron chi connectivity index (χ0n) is 16.7. The number of hydrogen-bond acceptors (Lipinski definition) is 3. The van der Waals surface area contributed by atoms with Gasteiger partial charge in [0.25, 0.3) is 0 Å². The van der Waals surface area contributed by atoms with Crippen molar-refractivity contribution in [3.8, 4) is 0 Å². The number of rotatable bonds is 7. The molecule has 0 amide bonds. The van der Waals surface area contributed by atoms with Crippen molar-refractivity contribution in [1.29, 1.82) is 0 Å². The van der Waals surface area contributed by atoms with E-state index in [1.54, 1.807) is 0 Å². The van der Waals surface area contributed by atoms with Crippen molar-refractivity contribution in [3.63, 3.8) is 0 Å². The van der Waals surface area contributed by atoms with Gasteiger partial charge >= 0.3 is 0 Å². The quantitative estimate of drug-likeness (QED) is 0.736. The number of allylic oxidation sites excluding steroid dienone is 1. The highest BCUT2D eigenvalue weighted by Gasteiger charge is 2.39. The van der Waals surface area contributed by atoms with Crippen molar-refractivity contribution in [1.82, 2.24) is 14.7 Å². The maximum Gasteiger partial charge on any atom is 0.127 e. The van der Waals surface area contributed by atoms with E-state index in [1.807, 2.05) is 0 Å². The lowest BCUT2D eigenvalue weighted by atomic mass is 10.1. The van der Waals surface area contributed by atoms with E-state index in [0.29, 0.717) is 18.0 Å². The highest BCUT2D eigenvalue weighted by molar-refractivity contribution is 5.47. The molecule has 2 atom stereocenters.